The van der Waals surface area contributed by atoms with Gasteiger partial charge in [0.2, 0.25) is 0 Å². The van der Waals surface area contributed by atoms with Gasteiger partial charge in [-0.15, -0.1) is 0 Å². The second kappa shape index (κ2) is 4.85. The van der Waals surface area contributed by atoms with Gasteiger partial charge in [0.15, 0.2) is 0 Å². The van der Waals surface area contributed by atoms with Crippen molar-refractivity contribution < 1.29 is 9.90 Å². The van der Waals surface area contributed by atoms with Crippen LogP contribution in [0.25, 0.3) is 11.3 Å². The van der Waals surface area contributed by atoms with Crippen LogP contribution >= 0.6 is 0 Å². The van der Waals surface area contributed by atoms with Gasteiger partial charge in [0.25, 0.3) is 11.5 Å². The van der Waals surface area contributed by atoms with Gasteiger partial charge in [0, 0.05) is 11.3 Å². The number of primary amides is 1. The normalized spacial score (nSPS) is 10.3. The highest BCUT2D eigenvalue weighted by molar-refractivity contribution is 5.92. The molecule has 1 aromatic heterocycles. The number of aromatic nitrogens is 1. The van der Waals surface area contributed by atoms with Crippen LogP contribution in [0.2, 0.25) is 0 Å². The summed E-state index contributed by atoms with van der Waals surface area (Å²) >= 11 is 0. The molecular formula is C13H12N2O3. The van der Waals surface area contributed by atoms with Crippen molar-refractivity contribution in [2.75, 3.05) is 0 Å². The number of aromatic amines is 1. The van der Waals surface area contributed by atoms with Crippen LogP contribution in [0.15, 0.2) is 41.2 Å². The molecule has 1 heterocycles. The van der Waals surface area contributed by atoms with E-state index in [1.54, 1.807) is 30.3 Å². The van der Waals surface area contributed by atoms with E-state index in [-0.39, 0.29) is 12.2 Å². The lowest BCUT2D eigenvalue weighted by Crippen LogP contribution is -2.23. The molecule has 0 spiro atoms. The first-order valence-corrected chi connectivity index (χ1v) is 5.35. The van der Waals surface area contributed by atoms with Gasteiger partial charge in [-0.05, 0) is 17.7 Å². The molecule has 5 nitrogen and oxygen atoms in total. The van der Waals surface area contributed by atoms with Gasteiger partial charge >= 0.3 is 0 Å². The predicted octanol–water partition coefficient (Wildman–Crippen LogP) is 0.633. The molecule has 92 valence electrons. The highest BCUT2D eigenvalue weighted by Crippen LogP contribution is 2.20. The number of nitrogens with two attached hydrogens (primary N) is 1. The van der Waals surface area contributed by atoms with E-state index in [0.717, 1.165) is 0 Å². The molecular weight excluding hydrogens is 232 g/mol. The van der Waals surface area contributed by atoms with E-state index >= 15 is 0 Å². The number of aliphatic hydroxyl groups is 1. The summed E-state index contributed by atoms with van der Waals surface area (Å²) in [6.45, 7) is -0.129. The van der Waals surface area contributed by atoms with Crippen LogP contribution in [0, 0.1) is 0 Å². The minimum atomic E-state index is -0.766. The van der Waals surface area contributed by atoms with Crippen LogP contribution in [0.3, 0.4) is 0 Å². The van der Waals surface area contributed by atoms with Crippen LogP contribution in [0.5, 0.6) is 0 Å². The van der Waals surface area contributed by atoms with Crippen LogP contribution in [-0.4, -0.2) is 16.0 Å². The number of hydrogen-bond acceptors (Lipinski definition) is 3. The molecule has 2 rings (SSSR count). The van der Waals surface area contributed by atoms with Gasteiger partial charge in [0.05, 0.1) is 6.61 Å². The summed E-state index contributed by atoms with van der Waals surface area (Å²) < 4.78 is 0. The minimum Gasteiger partial charge on any atom is -0.392 e. The highest BCUT2D eigenvalue weighted by Gasteiger charge is 2.09. The summed E-state index contributed by atoms with van der Waals surface area (Å²) in [4.78, 5) is 25.2. The van der Waals surface area contributed by atoms with Gasteiger partial charge in [-0.3, -0.25) is 9.59 Å². The van der Waals surface area contributed by atoms with E-state index in [1.807, 2.05) is 0 Å². The molecule has 1 aromatic carbocycles. The quantitative estimate of drug-likeness (QED) is 0.738. The van der Waals surface area contributed by atoms with Gasteiger partial charge < -0.3 is 15.8 Å². The monoisotopic (exact) mass is 244 g/mol. The lowest BCUT2D eigenvalue weighted by molar-refractivity contribution is 0.0999. The first kappa shape index (κ1) is 12.1. The van der Waals surface area contributed by atoms with Crippen molar-refractivity contribution in [2.24, 2.45) is 5.73 Å². The number of H-pyrrole nitrogens is 1. The molecule has 0 radical (unpaired) electrons. The number of aliphatic hydroxyl groups excluding tert-OH is 1. The van der Waals surface area contributed by atoms with E-state index in [0.29, 0.717) is 16.8 Å². The lowest BCUT2D eigenvalue weighted by Gasteiger charge is -2.07. The molecule has 5 heteroatoms. The molecule has 0 saturated carbocycles. The van der Waals surface area contributed by atoms with Crippen molar-refractivity contribution >= 4 is 5.91 Å². The predicted molar refractivity (Wildman–Crippen MR) is 66.9 cm³/mol. The lowest BCUT2D eigenvalue weighted by atomic mass is 10.0. The second-order valence-electron chi connectivity index (χ2n) is 3.79. The number of pyridine rings is 1. The number of carbonyl (C=O) groups is 1. The third-order valence-corrected chi connectivity index (χ3v) is 2.65. The Hall–Kier alpha value is -2.40. The topological polar surface area (TPSA) is 96.2 Å². The standard InChI is InChI=1S/C13H12N2O3/c14-12(17)10-5-6-11(15-13(10)18)9-4-2-1-3-8(9)7-16/h1-6,16H,7H2,(H2,14,17)(H,15,18). The van der Waals surface area contributed by atoms with E-state index in [2.05, 4.69) is 4.98 Å². The maximum Gasteiger partial charge on any atom is 0.261 e. The average molecular weight is 244 g/mol. The van der Waals surface area contributed by atoms with Gasteiger partial charge in [-0.1, -0.05) is 24.3 Å². The third kappa shape index (κ3) is 2.16. The van der Waals surface area contributed by atoms with Crippen LogP contribution in [0.1, 0.15) is 15.9 Å². The number of nitrogens with one attached hydrogen (secondary N) is 1. The largest absolute Gasteiger partial charge is 0.392 e. The minimum absolute atomic E-state index is 0.0831. The van der Waals surface area contributed by atoms with Crippen LogP contribution < -0.4 is 11.3 Å². The SMILES string of the molecule is NC(=O)c1ccc(-c2ccccc2CO)[nH]c1=O. The van der Waals surface area contributed by atoms with Crippen molar-refractivity contribution in [1.29, 1.82) is 0 Å². The molecule has 0 aliphatic heterocycles. The van der Waals surface area contributed by atoms with Crippen molar-refractivity contribution in [3.8, 4) is 11.3 Å². The molecule has 2 aromatic rings. The third-order valence-electron chi connectivity index (χ3n) is 2.65. The van der Waals surface area contributed by atoms with Crippen molar-refractivity contribution in [3.63, 3.8) is 0 Å². The fourth-order valence-electron chi connectivity index (χ4n) is 1.75. The van der Waals surface area contributed by atoms with E-state index < -0.39 is 11.5 Å². The summed E-state index contributed by atoms with van der Waals surface area (Å²) in [6.07, 6.45) is 0. The Labute approximate surface area is 103 Å². The zero-order valence-corrected chi connectivity index (χ0v) is 9.51. The molecule has 4 N–H and O–H groups in total. The number of hydrogen-bond donors (Lipinski definition) is 3. The Morgan fingerprint density at radius 3 is 2.56 bits per heavy atom. The van der Waals surface area contributed by atoms with Crippen molar-refractivity contribution in [2.45, 2.75) is 6.61 Å². The van der Waals surface area contributed by atoms with E-state index in [9.17, 15) is 14.7 Å². The smallest absolute Gasteiger partial charge is 0.261 e. The number of rotatable bonds is 3. The van der Waals surface area contributed by atoms with Crippen molar-refractivity contribution in [1.82, 2.24) is 4.98 Å². The van der Waals surface area contributed by atoms with Gasteiger partial charge in [-0.2, -0.15) is 0 Å². The Morgan fingerprint density at radius 1 is 1.22 bits per heavy atom. The zero-order chi connectivity index (χ0) is 13.1. The Bertz CT molecular complexity index is 647. The molecule has 0 bridgehead atoms. The Kier molecular flexibility index (Phi) is 3.25. The average Bonchev–Trinajstić information content (AvgIpc) is 2.38. The Balaban J connectivity index is 2.56. The van der Waals surface area contributed by atoms with Gasteiger partial charge in [0.1, 0.15) is 5.56 Å². The molecule has 0 atom stereocenters. The molecule has 18 heavy (non-hydrogen) atoms. The highest BCUT2D eigenvalue weighted by atomic mass is 16.3. The fourth-order valence-corrected chi connectivity index (χ4v) is 1.75. The second-order valence-corrected chi connectivity index (χ2v) is 3.79. The molecule has 1 amide bonds. The molecule has 0 unspecified atom stereocenters. The molecule has 0 saturated heterocycles. The zero-order valence-electron chi connectivity index (χ0n) is 9.51. The van der Waals surface area contributed by atoms with Gasteiger partial charge in [-0.25, -0.2) is 0 Å². The van der Waals surface area contributed by atoms with E-state index in [1.165, 1.54) is 6.07 Å². The number of benzene rings is 1. The van der Waals surface area contributed by atoms with Crippen molar-refractivity contribution in [3.05, 3.63) is 57.9 Å². The van der Waals surface area contributed by atoms with E-state index in [4.69, 9.17) is 5.73 Å². The molecule has 0 fully saturated rings. The summed E-state index contributed by atoms with van der Waals surface area (Å²) in [5.74, 6) is -0.766. The summed E-state index contributed by atoms with van der Waals surface area (Å²) in [6, 6.07) is 10.1. The Morgan fingerprint density at radius 2 is 1.94 bits per heavy atom. The summed E-state index contributed by atoms with van der Waals surface area (Å²) in [7, 11) is 0. The summed E-state index contributed by atoms with van der Waals surface area (Å²) in [5.41, 5.74) is 6.39. The maximum absolute atomic E-state index is 11.6. The maximum atomic E-state index is 11.6. The number of amides is 1. The first-order chi connectivity index (χ1) is 8.63. The van der Waals surface area contributed by atoms with Crippen LogP contribution in [0.4, 0.5) is 0 Å². The molecule has 0 aliphatic carbocycles. The number of carbonyl (C=O) groups excluding carboxylic acids is 1. The van der Waals surface area contributed by atoms with Crippen LogP contribution in [-0.2, 0) is 6.61 Å². The fraction of sp³-hybridized carbons (Fsp3) is 0.0769. The molecule has 0 aliphatic rings. The first-order valence-electron chi connectivity index (χ1n) is 5.35. The summed E-state index contributed by atoms with van der Waals surface area (Å²) in [5, 5.41) is 9.23.